The number of nitrogens with two attached hydrogens (primary N) is 1. The van der Waals surface area contributed by atoms with Crippen molar-refractivity contribution < 1.29 is 12.8 Å². The molecule has 0 unspecified atom stereocenters. The van der Waals surface area contributed by atoms with Gasteiger partial charge >= 0.3 is 0 Å². The van der Waals surface area contributed by atoms with Crippen molar-refractivity contribution in [1.82, 2.24) is 4.31 Å². The van der Waals surface area contributed by atoms with E-state index in [1.165, 1.54) is 36.0 Å². The first-order valence-corrected chi connectivity index (χ1v) is 6.77. The molecule has 1 aromatic carbocycles. The second-order valence-electron chi connectivity index (χ2n) is 3.97. The van der Waals surface area contributed by atoms with Crippen LogP contribution in [0.4, 0.5) is 5.69 Å². The van der Waals surface area contributed by atoms with Gasteiger partial charge in [0.05, 0.1) is 17.4 Å². The lowest BCUT2D eigenvalue weighted by atomic mass is 10.3. The molecule has 0 radical (unpaired) electrons. The predicted octanol–water partition coefficient (Wildman–Crippen LogP) is 1.68. The Hall–Kier alpha value is -1.79. The fourth-order valence-electron chi connectivity index (χ4n) is 1.58. The number of anilines is 1. The number of nitrogens with zero attached hydrogens (tertiary/aromatic N) is 1. The van der Waals surface area contributed by atoms with Gasteiger partial charge in [0.1, 0.15) is 0 Å². The van der Waals surface area contributed by atoms with E-state index in [4.69, 9.17) is 10.2 Å². The SMILES string of the molecule is CN(Cc1ccoc1)S(=O)(=O)c1cccc(N)c1. The van der Waals surface area contributed by atoms with Gasteiger partial charge in [-0.1, -0.05) is 6.07 Å². The molecule has 0 aliphatic rings. The van der Waals surface area contributed by atoms with E-state index in [1.807, 2.05) is 0 Å². The third-order valence-corrected chi connectivity index (χ3v) is 4.35. The van der Waals surface area contributed by atoms with E-state index in [0.717, 1.165) is 5.56 Å². The highest BCUT2D eigenvalue weighted by atomic mass is 32.2. The van der Waals surface area contributed by atoms with Gasteiger partial charge in [-0.25, -0.2) is 8.42 Å². The first-order chi connectivity index (χ1) is 8.50. The second kappa shape index (κ2) is 4.83. The van der Waals surface area contributed by atoms with Crippen LogP contribution in [0.5, 0.6) is 0 Å². The Bertz CT molecular complexity index is 621. The maximum atomic E-state index is 12.3. The lowest BCUT2D eigenvalue weighted by Crippen LogP contribution is -2.26. The Labute approximate surface area is 106 Å². The summed E-state index contributed by atoms with van der Waals surface area (Å²) in [4.78, 5) is 0.188. The standard InChI is InChI=1S/C12H14N2O3S/c1-14(8-10-5-6-17-9-10)18(15,16)12-4-2-3-11(13)7-12/h2-7,9H,8,13H2,1H3. The molecular formula is C12H14N2O3S. The van der Waals surface area contributed by atoms with Gasteiger partial charge in [0.25, 0.3) is 0 Å². The summed E-state index contributed by atoms with van der Waals surface area (Å²) in [6.45, 7) is 0.258. The quantitative estimate of drug-likeness (QED) is 0.854. The lowest BCUT2D eigenvalue weighted by Gasteiger charge is -2.16. The van der Waals surface area contributed by atoms with E-state index < -0.39 is 10.0 Å². The van der Waals surface area contributed by atoms with Gasteiger partial charge in [0, 0.05) is 24.8 Å². The molecule has 6 heteroatoms. The summed E-state index contributed by atoms with van der Waals surface area (Å²) in [5, 5.41) is 0. The zero-order valence-corrected chi connectivity index (χ0v) is 10.7. The number of furan rings is 1. The van der Waals surface area contributed by atoms with Gasteiger partial charge in [-0.3, -0.25) is 0 Å². The van der Waals surface area contributed by atoms with Gasteiger partial charge in [-0.15, -0.1) is 0 Å². The van der Waals surface area contributed by atoms with Crippen LogP contribution >= 0.6 is 0 Å². The van der Waals surface area contributed by atoms with Gasteiger partial charge in [0.2, 0.25) is 10.0 Å². The normalized spacial score (nSPS) is 11.9. The predicted molar refractivity (Wildman–Crippen MR) is 68.2 cm³/mol. The van der Waals surface area contributed by atoms with Gasteiger partial charge < -0.3 is 10.2 Å². The zero-order chi connectivity index (χ0) is 13.2. The number of nitrogen functional groups attached to an aromatic ring is 1. The summed E-state index contributed by atoms with van der Waals surface area (Å²) in [5.41, 5.74) is 6.81. The van der Waals surface area contributed by atoms with E-state index in [-0.39, 0.29) is 11.4 Å². The van der Waals surface area contributed by atoms with E-state index in [1.54, 1.807) is 18.2 Å². The monoisotopic (exact) mass is 266 g/mol. The lowest BCUT2D eigenvalue weighted by molar-refractivity contribution is 0.463. The molecule has 0 atom stereocenters. The molecule has 0 fully saturated rings. The molecule has 2 rings (SSSR count). The molecule has 96 valence electrons. The number of benzene rings is 1. The Balaban J connectivity index is 2.25. The minimum atomic E-state index is -3.53. The molecule has 1 heterocycles. The van der Waals surface area contributed by atoms with Crippen LogP contribution in [0.2, 0.25) is 0 Å². The Morgan fingerprint density at radius 1 is 1.33 bits per heavy atom. The van der Waals surface area contributed by atoms with Crippen molar-refractivity contribution >= 4 is 15.7 Å². The Morgan fingerprint density at radius 3 is 2.72 bits per heavy atom. The first-order valence-electron chi connectivity index (χ1n) is 5.33. The van der Waals surface area contributed by atoms with Gasteiger partial charge in [-0.05, 0) is 24.3 Å². The van der Waals surface area contributed by atoms with Crippen LogP contribution in [-0.2, 0) is 16.6 Å². The molecule has 5 nitrogen and oxygen atoms in total. The molecule has 2 N–H and O–H groups in total. The number of rotatable bonds is 4. The minimum Gasteiger partial charge on any atom is -0.472 e. The molecule has 0 spiro atoms. The summed E-state index contributed by atoms with van der Waals surface area (Å²) >= 11 is 0. The molecule has 0 amide bonds. The van der Waals surface area contributed by atoms with Gasteiger partial charge in [0.15, 0.2) is 0 Å². The molecular weight excluding hydrogens is 252 g/mol. The fourth-order valence-corrected chi connectivity index (χ4v) is 2.79. The van der Waals surface area contributed by atoms with Crippen molar-refractivity contribution in [2.75, 3.05) is 12.8 Å². The van der Waals surface area contributed by atoms with Gasteiger partial charge in [-0.2, -0.15) is 4.31 Å². The molecule has 18 heavy (non-hydrogen) atoms. The van der Waals surface area contributed by atoms with Crippen molar-refractivity contribution in [2.24, 2.45) is 0 Å². The Kier molecular flexibility index (Phi) is 3.40. The van der Waals surface area contributed by atoms with Crippen LogP contribution in [0, 0.1) is 0 Å². The van der Waals surface area contributed by atoms with Crippen molar-refractivity contribution in [3.05, 3.63) is 48.4 Å². The van der Waals surface area contributed by atoms with Crippen LogP contribution in [0.25, 0.3) is 0 Å². The Morgan fingerprint density at radius 2 is 2.11 bits per heavy atom. The second-order valence-corrected chi connectivity index (χ2v) is 6.01. The van der Waals surface area contributed by atoms with Crippen LogP contribution in [0.15, 0.2) is 52.2 Å². The van der Waals surface area contributed by atoms with E-state index >= 15 is 0 Å². The van der Waals surface area contributed by atoms with Crippen molar-refractivity contribution in [3.8, 4) is 0 Å². The number of sulfonamides is 1. The smallest absolute Gasteiger partial charge is 0.243 e. The maximum Gasteiger partial charge on any atom is 0.243 e. The molecule has 2 aromatic rings. The van der Waals surface area contributed by atoms with E-state index in [0.29, 0.717) is 5.69 Å². The zero-order valence-electron chi connectivity index (χ0n) is 9.91. The molecule has 0 bridgehead atoms. The number of hydrogen-bond donors (Lipinski definition) is 1. The summed E-state index contributed by atoms with van der Waals surface area (Å²) in [5.74, 6) is 0. The average molecular weight is 266 g/mol. The van der Waals surface area contributed by atoms with E-state index in [2.05, 4.69) is 0 Å². The highest BCUT2D eigenvalue weighted by molar-refractivity contribution is 7.89. The number of hydrogen-bond acceptors (Lipinski definition) is 4. The fraction of sp³-hybridized carbons (Fsp3) is 0.167. The van der Waals surface area contributed by atoms with Crippen LogP contribution in [0.1, 0.15) is 5.56 Å². The third-order valence-electron chi connectivity index (χ3n) is 2.55. The largest absolute Gasteiger partial charge is 0.472 e. The van der Waals surface area contributed by atoms with Crippen LogP contribution in [0.3, 0.4) is 0 Å². The summed E-state index contributed by atoms with van der Waals surface area (Å²) < 4.78 is 30.7. The molecule has 1 aromatic heterocycles. The highest BCUT2D eigenvalue weighted by Crippen LogP contribution is 2.18. The minimum absolute atomic E-state index is 0.188. The molecule has 0 saturated heterocycles. The topological polar surface area (TPSA) is 76.5 Å². The summed E-state index contributed by atoms with van der Waals surface area (Å²) in [7, 11) is -2.01. The van der Waals surface area contributed by atoms with Crippen molar-refractivity contribution in [3.63, 3.8) is 0 Å². The van der Waals surface area contributed by atoms with Crippen LogP contribution in [-0.4, -0.2) is 19.8 Å². The molecule has 0 saturated carbocycles. The van der Waals surface area contributed by atoms with Crippen molar-refractivity contribution in [1.29, 1.82) is 0 Å². The first kappa shape index (κ1) is 12.7. The summed E-state index contributed by atoms with van der Waals surface area (Å²) in [6, 6.07) is 7.97. The third kappa shape index (κ3) is 2.55. The van der Waals surface area contributed by atoms with Crippen LogP contribution < -0.4 is 5.73 Å². The van der Waals surface area contributed by atoms with E-state index in [9.17, 15) is 8.42 Å². The highest BCUT2D eigenvalue weighted by Gasteiger charge is 2.21. The molecule has 0 aliphatic carbocycles. The average Bonchev–Trinajstić information content (AvgIpc) is 2.81. The molecule has 0 aliphatic heterocycles. The van der Waals surface area contributed by atoms with Crippen molar-refractivity contribution in [2.45, 2.75) is 11.4 Å². The summed E-state index contributed by atoms with van der Waals surface area (Å²) in [6.07, 6.45) is 3.03. The maximum absolute atomic E-state index is 12.3.